The first-order chi connectivity index (χ1) is 9.28. The van der Waals surface area contributed by atoms with Crippen molar-refractivity contribution in [3.63, 3.8) is 0 Å². The van der Waals surface area contributed by atoms with Crippen molar-refractivity contribution >= 4 is 5.91 Å². The lowest BCUT2D eigenvalue weighted by molar-refractivity contribution is -0.124. The second-order valence-electron chi connectivity index (χ2n) is 4.86. The van der Waals surface area contributed by atoms with E-state index in [-0.39, 0.29) is 0 Å². The Morgan fingerprint density at radius 1 is 1.26 bits per heavy atom. The Morgan fingerprint density at radius 3 is 2.58 bits per heavy atom. The van der Waals surface area contributed by atoms with E-state index in [0.717, 1.165) is 44.5 Å². The van der Waals surface area contributed by atoms with Crippen molar-refractivity contribution in [1.82, 2.24) is 10.4 Å². The molecule has 1 aliphatic rings. The van der Waals surface area contributed by atoms with Crippen molar-refractivity contribution in [3.05, 3.63) is 47.5 Å². The van der Waals surface area contributed by atoms with E-state index in [4.69, 9.17) is 5.21 Å². The molecule has 0 atom stereocenters. The number of rotatable bonds is 4. The van der Waals surface area contributed by atoms with E-state index in [0.29, 0.717) is 0 Å². The fraction of sp³-hybridized carbons (Fsp3) is 0.400. The first-order valence-electron chi connectivity index (χ1n) is 6.68. The summed E-state index contributed by atoms with van der Waals surface area (Å²) in [6.07, 6.45) is 4.38. The molecule has 1 aromatic carbocycles. The van der Waals surface area contributed by atoms with E-state index in [2.05, 4.69) is 29.2 Å². The van der Waals surface area contributed by atoms with Crippen LogP contribution in [0.15, 0.2) is 42.0 Å². The molecule has 0 spiro atoms. The average Bonchev–Trinajstić information content (AvgIpc) is 2.47. The molecule has 0 unspecified atom stereocenters. The Kier molecular flexibility index (Phi) is 5.12. The van der Waals surface area contributed by atoms with Gasteiger partial charge in [0.2, 0.25) is 0 Å². The molecule has 2 N–H and O–H groups in total. The third kappa shape index (κ3) is 4.50. The lowest BCUT2D eigenvalue weighted by Gasteiger charge is -2.28. The minimum Gasteiger partial charge on any atom is -0.302 e. The predicted molar refractivity (Wildman–Crippen MR) is 73.8 cm³/mol. The van der Waals surface area contributed by atoms with Crippen LogP contribution in [0, 0.1) is 0 Å². The van der Waals surface area contributed by atoms with Gasteiger partial charge in [-0.1, -0.05) is 35.9 Å². The number of nitrogens with one attached hydrogen (secondary N) is 1. The van der Waals surface area contributed by atoms with Crippen LogP contribution in [0.25, 0.3) is 0 Å². The van der Waals surface area contributed by atoms with Gasteiger partial charge in [-0.05, 0) is 24.8 Å². The van der Waals surface area contributed by atoms with Gasteiger partial charge < -0.3 is 4.90 Å². The van der Waals surface area contributed by atoms with Gasteiger partial charge >= 0.3 is 0 Å². The van der Waals surface area contributed by atoms with Gasteiger partial charge in [0.05, 0.1) is 0 Å². The normalized spacial score (nSPS) is 16.2. The Labute approximate surface area is 113 Å². The van der Waals surface area contributed by atoms with Crippen LogP contribution in [0.5, 0.6) is 0 Å². The number of hydrogen-bond donors (Lipinski definition) is 2. The van der Waals surface area contributed by atoms with E-state index >= 15 is 0 Å². The Hall–Kier alpha value is -1.65. The molecule has 0 radical (unpaired) electrons. The molecule has 1 aromatic rings. The number of hydrogen-bond acceptors (Lipinski definition) is 3. The lowest BCUT2D eigenvalue weighted by atomic mass is 10.0. The lowest BCUT2D eigenvalue weighted by Crippen LogP contribution is -2.33. The van der Waals surface area contributed by atoms with Gasteiger partial charge in [-0.15, -0.1) is 0 Å². The molecule has 1 saturated heterocycles. The molecule has 19 heavy (non-hydrogen) atoms. The van der Waals surface area contributed by atoms with Gasteiger partial charge in [0.1, 0.15) is 0 Å². The van der Waals surface area contributed by atoms with Crippen LogP contribution in [0.4, 0.5) is 0 Å². The third-order valence-electron chi connectivity index (χ3n) is 3.50. The molecule has 0 bridgehead atoms. The molecule has 4 heteroatoms. The summed E-state index contributed by atoms with van der Waals surface area (Å²) in [6, 6.07) is 10.5. The summed E-state index contributed by atoms with van der Waals surface area (Å²) in [5, 5.41) is 8.47. The molecule has 0 aliphatic carbocycles. The van der Waals surface area contributed by atoms with Gasteiger partial charge in [0.25, 0.3) is 5.91 Å². The van der Waals surface area contributed by atoms with Crippen molar-refractivity contribution in [2.75, 3.05) is 19.6 Å². The zero-order valence-corrected chi connectivity index (χ0v) is 11.0. The summed E-state index contributed by atoms with van der Waals surface area (Å²) >= 11 is 0. The molecule has 4 nitrogen and oxygen atoms in total. The largest absolute Gasteiger partial charge is 0.302 e. The average molecular weight is 260 g/mol. The zero-order chi connectivity index (χ0) is 13.5. The first-order valence-corrected chi connectivity index (χ1v) is 6.68. The zero-order valence-electron chi connectivity index (χ0n) is 11.0. The summed E-state index contributed by atoms with van der Waals surface area (Å²) < 4.78 is 0. The van der Waals surface area contributed by atoms with Crippen molar-refractivity contribution in [1.29, 1.82) is 0 Å². The number of likely N-dealkylation sites (tertiary alicyclic amines) is 1. The second kappa shape index (κ2) is 7.07. The van der Waals surface area contributed by atoms with Gasteiger partial charge in [-0.3, -0.25) is 10.0 Å². The highest BCUT2D eigenvalue weighted by Gasteiger charge is 2.14. The molecular formula is C15H20N2O2. The maximum absolute atomic E-state index is 11.0. The summed E-state index contributed by atoms with van der Waals surface area (Å²) in [7, 11) is 0. The minimum absolute atomic E-state index is 0.423. The predicted octanol–water partition coefficient (Wildman–Crippen LogP) is 1.76. The van der Waals surface area contributed by atoms with Crippen LogP contribution in [-0.4, -0.2) is 35.6 Å². The summed E-state index contributed by atoms with van der Waals surface area (Å²) in [6.45, 7) is 3.03. The van der Waals surface area contributed by atoms with Gasteiger partial charge in [0, 0.05) is 25.7 Å². The molecule has 2 rings (SSSR count). The summed E-state index contributed by atoms with van der Waals surface area (Å²) in [5.41, 5.74) is 4.12. The van der Waals surface area contributed by atoms with E-state index < -0.39 is 5.91 Å². The van der Waals surface area contributed by atoms with Crippen molar-refractivity contribution < 1.29 is 10.0 Å². The van der Waals surface area contributed by atoms with E-state index in [9.17, 15) is 4.79 Å². The van der Waals surface area contributed by atoms with Gasteiger partial charge in [0.15, 0.2) is 0 Å². The van der Waals surface area contributed by atoms with Crippen molar-refractivity contribution in [2.24, 2.45) is 0 Å². The molecule has 1 aliphatic heterocycles. The highest BCUT2D eigenvalue weighted by Crippen LogP contribution is 2.16. The third-order valence-corrected chi connectivity index (χ3v) is 3.50. The standard InChI is InChI=1S/C15H20N2O2/c18-15(16-19)12-14-7-10-17(11-8-14)9-6-13-4-2-1-3-5-13/h1-5,12,19H,6-11H2,(H,16,18). The van der Waals surface area contributed by atoms with Gasteiger partial charge in [-0.2, -0.15) is 0 Å². The smallest absolute Gasteiger partial charge is 0.267 e. The SMILES string of the molecule is O=C(C=C1CCN(CCc2ccccc2)CC1)NO. The quantitative estimate of drug-likeness (QED) is 0.493. The van der Waals surface area contributed by atoms with Crippen LogP contribution in [0.1, 0.15) is 18.4 Å². The number of piperidine rings is 1. The molecular weight excluding hydrogens is 240 g/mol. The van der Waals surface area contributed by atoms with Crippen LogP contribution < -0.4 is 5.48 Å². The van der Waals surface area contributed by atoms with Gasteiger partial charge in [-0.25, -0.2) is 5.48 Å². The number of carbonyl (C=O) groups excluding carboxylic acids is 1. The molecule has 1 fully saturated rings. The number of carbonyl (C=O) groups is 1. The molecule has 102 valence electrons. The van der Waals surface area contributed by atoms with E-state index in [1.165, 1.54) is 11.6 Å². The molecule has 1 amide bonds. The van der Waals surface area contributed by atoms with E-state index in [1.54, 1.807) is 5.48 Å². The van der Waals surface area contributed by atoms with Crippen LogP contribution >= 0.6 is 0 Å². The minimum atomic E-state index is -0.423. The molecule has 0 aromatic heterocycles. The Bertz CT molecular complexity index is 433. The van der Waals surface area contributed by atoms with Crippen molar-refractivity contribution in [2.45, 2.75) is 19.3 Å². The fourth-order valence-corrected chi connectivity index (χ4v) is 2.36. The topological polar surface area (TPSA) is 52.6 Å². The number of benzene rings is 1. The first kappa shape index (κ1) is 13.8. The van der Waals surface area contributed by atoms with E-state index in [1.807, 2.05) is 6.07 Å². The second-order valence-corrected chi connectivity index (χ2v) is 4.86. The number of hydroxylamine groups is 1. The summed E-state index contributed by atoms with van der Waals surface area (Å²) in [4.78, 5) is 13.4. The number of amides is 1. The highest BCUT2D eigenvalue weighted by atomic mass is 16.5. The van der Waals surface area contributed by atoms with Crippen molar-refractivity contribution in [3.8, 4) is 0 Å². The van der Waals surface area contributed by atoms with Crippen LogP contribution in [-0.2, 0) is 11.2 Å². The fourth-order valence-electron chi connectivity index (χ4n) is 2.36. The van der Waals surface area contributed by atoms with Crippen LogP contribution in [0.2, 0.25) is 0 Å². The highest BCUT2D eigenvalue weighted by molar-refractivity contribution is 5.87. The molecule has 1 heterocycles. The monoisotopic (exact) mass is 260 g/mol. The molecule has 0 saturated carbocycles. The maximum Gasteiger partial charge on any atom is 0.267 e. The number of nitrogens with zero attached hydrogens (tertiary/aromatic N) is 1. The Morgan fingerprint density at radius 2 is 1.95 bits per heavy atom. The maximum atomic E-state index is 11.0. The van der Waals surface area contributed by atoms with Crippen LogP contribution in [0.3, 0.4) is 0 Å². The summed E-state index contributed by atoms with van der Waals surface area (Å²) in [5.74, 6) is -0.423. The Balaban J connectivity index is 1.75.